The monoisotopic (exact) mass is 262 g/mol. The minimum Gasteiger partial charge on any atom is -0.481 e. The minimum atomic E-state index is -0.749. The third kappa shape index (κ3) is 3.07. The van der Waals surface area contributed by atoms with Crippen LogP contribution in [-0.4, -0.2) is 35.7 Å². The highest BCUT2D eigenvalue weighted by Crippen LogP contribution is 2.30. The second-order valence-corrected chi connectivity index (χ2v) is 5.90. The van der Waals surface area contributed by atoms with Gasteiger partial charge in [0, 0.05) is 24.3 Å². The minimum absolute atomic E-state index is 0.0102. The number of carboxylic acids is 1. The average Bonchev–Trinajstić information content (AvgIpc) is 2.29. The van der Waals surface area contributed by atoms with Crippen LogP contribution in [-0.2, 0) is 4.79 Å². The lowest BCUT2D eigenvalue weighted by atomic mass is 9.93. The smallest absolute Gasteiger partial charge is 0.305 e. The Morgan fingerprint density at radius 3 is 2.63 bits per heavy atom. The molecule has 0 aliphatic carbocycles. The van der Waals surface area contributed by atoms with E-state index in [9.17, 15) is 4.79 Å². The Morgan fingerprint density at radius 1 is 1.42 bits per heavy atom. The van der Waals surface area contributed by atoms with Gasteiger partial charge in [0.25, 0.3) is 0 Å². The molecular formula is C15H22N2O2. The summed E-state index contributed by atoms with van der Waals surface area (Å²) in [5.41, 5.74) is 2.22. The Kier molecular flexibility index (Phi) is 3.80. The van der Waals surface area contributed by atoms with Crippen LogP contribution in [0.3, 0.4) is 0 Å². The number of hydrogen-bond donors (Lipinski definition) is 2. The number of piperazine rings is 1. The third-order valence-electron chi connectivity index (χ3n) is 3.68. The zero-order valence-electron chi connectivity index (χ0n) is 11.8. The van der Waals surface area contributed by atoms with Gasteiger partial charge in [0.05, 0.1) is 12.5 Å². The number of carboxylic acid groups (broad SMARTS) is 1. The first-order valence-electron chi connectivity index (χ1n) is 6.69. The van der Waals surface area contributed by atoms with E-state index in [0.29, 0.717) is 6.54 Å². The van der Waals surface area contributed by atoms with Gasteiger partial charge in [-0.3, -0.25) is 4.79 Å². The van der Waals surface area contributed by atoms with E-state index in [0.717, 1.165) is 12.2 Å². The number of aryl methyl sites for hydroxylation is 1. The Balaban J connectivity index is 2.33. The molecule has 2 N–H and O–H groups in total. The molecule has 1 atom stereocenters. The SMILES string of the molecule is Cc1ccc(N2C(CC(=O)O)CNCC2(C)C)cc1. The maximum Gasteiger partial charge on any atom is 0.305 e. The number of carbonyl (C=O) groups is 1. The molecule has 1 heterocycles. The van der Waals surface area contributed by atoms with E-state index >= 15 is 0 Å². The highest BCUT2D eigenvalue weighted by Gasteiger charge is 2.37. The van der Waals surface area contributed by atoms with Crippen LogP contribution in [0.15, 0.2) is 24.3 Å². The second-order valence-electron chi connectivity index (χ2n) is 5.90. The zero-order chi connectivity index (χ0) is 14.0. The van der Waals surface area contributed by atoms with Gasteiger partial charge in [-0.05, 0) is 32.9 Å². The fraction of sp³-hybridized carbons (Fsp3) is 0.533. The molecule has 0 aromatic heterocycles. The van der Waals surface area contributed by atoms with Crippen molar-refractivity contribution < 1.29 is 9.90 Å². The van der Waals surface area contributed by atoms with E-state index in [1.807, 2.05) is 0 Å². The topological polar surface area (TPSA) is 52.6 Å². The van der Waals surface area contributed by atoms with Gasteiger partial charge in [-0.25, -0.2) is 0 Å². The first-order valence-corrected chi connectivity index (χ1v) is 6.69. The molecule has 104 valence electrons. The van der Waals surface area contributed by atoms with E-state index in [1.54, 1.807) is 0 Å². The van der Waals surface area contributed by atoms with Crippen molar-refractivity contribution in [2.24, 2.45) is 0 Å². The number of benzene rings is 1. The van der Waals surface area contributed by atoms with Crippen LogP contribution in [0.5, 0.6) is 0 Å². The number of anilines is 1. The van der Waals surface area contributed by atoms with Crippen LogP contribution in [0.25, 0.3) is 0 Å². The Labute approximate surface area is 114 Å². The molecule has 19 heavy (non-hydrogen) atoms. The van der Waals surface area contributed by atoms with Crippen LogP contribution < -0.4 is 10.2 Å². The standard InChI is InChI=1S/C15H22N2O2/c1-11-4-6-12(7-5-11)17-13(8-14(18)19)9-16-10-15(17,2)3/h4-7,13,16H,8-10H2,1-3H3,(H,18,19). The third-order valence-corrected chi connectivity index (χ3v) is 3.68. The molecule has 4 heteroatoms. The van der Waals surface area contributed by atoms with Crippen molar-refractivity contribution in [2.45, 2.75) is 38.8 Å². The summed E-state index contributed by atoms with van der Waals surface area (Å²) in [4.78, 5) is 13.3. The number of hydrogen-bond acceptors (Lipinski definition) is 3. The summed E-state index contributed by atoms with van der Waals surface area (Å²) in [6.07, 6.45) is 0.157. The molecule has 0 radical (unpaired) electrons. The van der Waals surface area contributed by atoms with E-state index in [4.69, 9.17) is 5.11 Å². The molecule has 0 saturated carbocycles. The van der Waals surface area contributed by atoms with Crippen molar-refractivity contribution in [2.75, 3.05) is 18.0 Å². The number of nitrogens with zero attached hydrogens (tertiary/aromatic N) is 1. The largest absolute Gasteiger partial charge is 0.481 e. The number of rotatable bonds is 3. The second kappa shape index (κ2) is 5.21. The van der Waals surface area contributed by atoms with Gasteiger partial charge >= 0.3 is 5.97 Å². The maximum absolute atomic E-state index is 11.1. The van der Waals surface area contributed by atoms with Crippen LogP contribution >= 0.6 is 0 Å². The fourth-order valence-electron chi connectivity index (χ4n) is 2.85. The summed E-state index contributed by atoms with van der Waals surface area (Å²) in [5, 5.41) is 12.4. The summed E-state index contributed by atoms with van der Waals surface area (Å²) in [5.74, 6) is -0.749. The molecule has 1 aromatic rings. The molecule has 1 saturated heterocycles. The van der Waals surface area contributed by atoms with Gasteiger partial charge < -0.3 is 15.3 Å². The molecule has 1 aromatic carbocycles. The van der Waals surface area contributed by atoms with E-state index in [-0.39, 0.29) is 18.0 Å². The van der Waals surface area contributed by atoms with E-state index < -0.39 is 5.97 Å². The van der Waals surface area contributed by atoms with Gasteiger partial charge in [0.1, 0.15) is 0 Å². The predicted octanol–water partition coefficient (Wildman–Crippen LogP) is 2.03. The predicted molar refractivity (Wildman–Crippen MR) is 76.6 cm³/mol. The van der Waals surface area contributed by atoms with Crippen molar-refractivity contribution in [3.63, 3.8) is 0 Å². The molecule has 4 nitrogen and oxygen atoms in total. The van der Waals surface area contributed by atoms with Crippen LogP contribution in [0.4, 0.5) is 5.69 Å². The zero-order valence-corrected chi connectivity index (χ0v) is 11.8. The van der Waals surface area contributed by atoms with Crippen molar-refractivity contribution in [1.29, 1.82) is 0 Å². The van der Waals surface area contributed by atoms with Crippen molar-refractivity contribution in [3.05, 3.63) is 29.8 Å². The first-order chi connectivity index (χ1) is 8.90. The molecule has 1 fully saturated rings. The molecule has 1 aliphatic heterocycles. The number of aliphatic carboxylic acids is 1. The molecule has 1 aliphatic rings. The molecule has 0 spiro atoms. The summed E-state index contributed by atoms with van der Waals surface area (Å²) in [7, 11) is 0. The van der Waals surface area contributed by atoms with Crippen LogP contribution in [0.2, 0.25) is 0 Å². The van der Waals surface area contributed by atoms with Crippen LogP contribution in [0, 0.1) is 6.92 Å². The number of nitrogens with one attached hydrogen (secondary N) is 1. The summed E-state index contributed by atoms with van der Waals surface area (Å²) >= 11 is 0. The molecule has 0 bridgehead atoms. The Hall–Kier alpha value is -1.55. The van der Waals surface area contributed by atoms with Gasteiger partial charge in [0.2, 0.25) is 0 Å². The van der Waals surface area contributed by atoms with Gasteiger partial charge in [-0.2, -0.15) is 0 Å². The summed E-state index contributed by atoms with van der Waals surface area (Å²) in [6.45, 7) is 7.92. The normalized spacial score (nSPS) is 22.3. The van der Waals surface area contributed by atoms with E-state index in [2.05, 4.69) is 55.3 Å². The van der Waals surface area contributed by atoms with Crippen molar-refractivity contribution >= 4 is 11.7 Å². The summed E-state index contributed by atoms with van der Waals surface area (Å²) in [6, 6.07) is 8.30. The lowest BCUT2D eigenvalue weighted by Gasteiger charge is -2.49. The van der Waals surface area contributed by atoms with Crippen molar-refractivity contribution in [3.8, 4) is 0 Å². The van der Waals surface area contributed by atoms with Gasteiger partial charge in [-0.1, -0.05) is 17.7 Å². The van der Waals surface area contributed by atoms with Crippen LogP contribution in [0.1, 0.15) is 25.8 Å². The lowest BCUT2D eigenvalue weighted by molar-refractivity contribution is -0.137. The molecular weight excluding hydrogens is 240 g/mol. The summed E-state index contributed by atoms with van der Waals surface area (Å²) < 4.78 is 0. The molecule has 2 rings (SSSR count). The lowest BCUT2D eigenvalue weighted by Crippen LogP contribution is -2.63. The van der Waals surface area contributed by atoms with Gasteiger partial charge in [-0.15, -0.1) is 0 Å². The first kappa shape index (κ1) is 13.9. The maximum atomic E-state index is 11.1. The Bertz CT molecular complexity index is 454. The average molecular weight is 262 g/mol. The quantitative estimate of drug-likeness (QED) is 0.875. The van der Waals surface area contributed by atoms with E-state index in [1.165, 1.54) is 5.56 Å². The highest BCUT2D eigenvalue weighted by molar-refractivity contribution is 5.69. The molecule has 0 amide bonds. The van der Waals surface area contributed by atoms with Crippen molar-refractivity contribution in [1.82, 2.24) is 5.32 Å². The van der Waals surface area contributed by atoms with Gasteiger partial charge in [0.15, 0.2) is 0 Å². The highest BCUT2D eigenvalue weighted by atomic mass is 16.4. The molecule has 1 unspecified atom stereocenters. The fourth-order valence-corrected chi connectivity index (χ4v) is 2.85. The Morgan fingerprint density at radius 2 is 2.05 bits per heavy atom.